The van der Waals surface area contributed by atoms with Gasteiger partial charge in [0.25, 0.3) is 10.2 Å². The summed E-state index contributed by atoms with van der Waals surface area (Å²) in [5.74, 6) is -0.289. The van der Waals surface area contributed by atoms with Gasteiger partial charge in [-0.3, -0.25) is 4.79 Å². The van der Waals surface area contributed by atoms with Crippen LogP contribution in [0.25, 0.3) is 0 Å². The van der Waals surface area contributed by atoms with Gasteiger partial charge in [0.1, 0.15) is 6.04 Å². The molecule has 6 nitrogen and oxygen atoms in total. The van der Waals surface area contributed by atoms with Crippen LogP contribution in [0.15, 0.2) is 24.3 Å². The number of hydrogen-bond donors (Lipinski definition) is 1. The van der Waals surface area contributed by atoms with Crippen LogP contribution in [0.1, 0.15) is 25.3 Å². The predicted molar refractivity (Wildman–Crippen MR) is 79.8 cm³/mol. The fourth-order valence-corrected chi connectivity index (χ4v) is 4.62. The Balaban J connectivity index is 1.99. The molecule has 3 rings (SSSR count). The average molecular weight is 309 g/mol. The summed E-state index contributed by atoms with van der Waals surface area (Å²) in [6, 6.07) is 6.60. The van der Waals surface area contributed by atoms with Gasteiger partial charge in [0.05, 0.1) is 0 Å². The molecular formula is C14H19N3O3S. The van der Waals surface area contributed by atoms with E-state index in [1.54, 1.807) is 13.0 Å². The second-order valence-electron chi connectivity index (χ2n) is 5.48. The number of para-hydroxylation sites is 1. The van der Waals surface area contributed by atoms with E-state index in [1.807, 2.05) is 18.2 Å². The molecule has 1 unspecified atom stereocenters. The maximum Gasteiger partial charge on any atom is 0.283 e. The number of nitrogens with one attached hydrogen (secondary N) is 1. The Morgan fingerprint density at radius 3 is 2.57 bits per heavy atom. The minimum Gasteiger partial charge on any atom is -0.324 e. The molecule has 0 saturated carbocycles. The second kappa shape index (κ2) is 5.40. The summed E-state index contributed by atoms with van der Waals surface area (Å²) in [4.78, 5) is 12.2. The van der Waals surface area contributed by atoms with Crippen molar-refractivity contribution in [3.63, 3.8) is 0 Å². The van der Waals surface area contributed by atoms with Gasteiger partial charge in [-0.1, -0.05) is 18.2 Å². The van der Waals surface area contributed by atoms with Crippen LogP contribution in [0, 0.1) is 0 Å². The lowest BCUT2D eigenvalue weighted by Gasteiger charge is -2.29. The highest BCUT2D eigenvalue weighted by molar-refractivity contribution is 7.86. The zero-order valence-electron chi connectivity index (χ0n) is 11.9. The maximum absolute atomic E-state index is 12.8. The Morgan fingerprint density at radius 2 is 1.86 bits per heavy atom. The first kappa shape index (κ1) is 14.5. The van der Waals surface area contributed by atoms with Crippen LogP contribution in [0.5, 0.6) is 0 Å². The number of carbonyl (C=O) groups excluding carboxylic acids is 1. The van der Waals surface area contributed by atoms with E-state index in [2.05, 4.69) is 5.32 Å². The molecule has 0 aromatic heterocycles. The summed E-state index contributed by atoms with van der Waals surface area (Å²) in [5, 5.41) is 2.80. The van der Waals surface area contributed by atoms with Crippen LogP contribution >= 0.6 is 0 Å². The van der Waals surface area contributed by atoms with E-state index in [1.165, 1.54) is 8.61 Å². The smallest absolute Gasteiger partial charge is 0.283 e. The Labute approximate surface area is 124 Å². The topological polar surface area (TPSA) is 69.7 Å². The Hall–Kier alpha value is -1.44. The Morgan fingerprint density at radius 1 is 1.19 bits per heavy atom. The highest BCUT2D eigenvalue weighted by atomic mass is 32.2. The first-order valence-electron chi connectivity index (χ1n) is 7.16. The molecule has 1 N–H and O–H groups in total. The van der Waals surface area contributed by atoms with Crippen molar-refractivity contribution in [2.45, 2.75) is 32.4 Å². The van der Waals surface area contributed by atoms with Crippen LogP contribution in [0.4, 0.5) is 5.69 Å². The molecule has 1 atom stereocenters. The largest absolute Gasteiger partial charge is 0.324 e. The van der Waals surface area contributed by atoms with E-state index < -0.39 is 16.3 Å². The summed E-state index contributed by atoms with van der Waals surface area (Å²) in [7, 11) is -3.60. The van der Waals surface area contributed by atoms with Crippen molar-refractivity contribution in [2.24, 2.45) is 0 Å². The highest BCUT2D eigenvalue weighted by Crippen LogP contribution is 2.27. The van der Waals surface area contributed by atoms with Gasteiger partial charge in [0.2, 0.25) is 5.91 Å². The van der Waals surface area contributed by atoms with Crippen molar-refractivity contribution < 1.29 is 13.2 Å². The maximum atomic E-state index is 12.8. The number of rotatable bonds is 2. The Bertz CT molecular complexity index is 653. The van der Waals surface area contributed by atoms with Crippen LogP contribution in [0.3, 0.4) is 0 Å². The Kier molecular flexibility index (Phi) is 3.73. The number of hydrogen-bond acceptors (Lipinski definition) is 3. The van der Waals surface area contributed by atoms with Crippen molar-refractivity contribution in [3.8, 4) is 0 Å². The molecule has 2 heterocycles. The van der Waals surface area contributed by atoms with Gasteiger partial charge in [-0.25, -0.2) is 0 Å². The van der Waals surface area contributed by atoms with Crippen molar-refractivity contribution in [1.29, 1.82) is 0 Å². The second-order valence-corrected chi connectivity index (χ2v) is 7.36. The van der Waals surface area contributed by atoms with Crippen molar-refractivity contribution >= 4 is 21.8 Å². The molecule has 0 radical (unpaired) electrons. The number of carbonyl (C=O) groups is 1. The molecule has 1 aromatic carbocycles. The van der Waals surface area contributed by atoms with Crippen molar-refractivity contribution in [2.75, 3.05) is 18.4 Å². The van der Waals surface area contributed by atoms with Crippen LogP contribution in [-0.4, -0.2) is 42.1 Å². The third-order valence-corrected chi connectivity index (χ3v) is 6.16. The standard InChI is InChI=1S/C14H19N3O3S/c1-11-14(18)15-13-7-3-2-6-12(13)10-17(11)21(19,20)16-8-4-5-9-16/h2-3,6-7,11H,4-5,8-10H2,1H3,(H,15,18). The zero-order chi connectivity index (χ0) is 15.0. The molecule has 0 spiro atoms. The highest BCUT2D eigenvalue weighted by Gasteiger charge is 2.39. The van der Waals surface area contributed by atoms with E-state index in [-0.39, 0.29) is 12.5 Å². The third kappa shape index (κ3) is 2.56. The first-order valence-corrected chi connectivity index (χ1v) is 8.55. The SMILES string of the molecule is CC1C(=O)Nc2ccccc2CN1S(=O)(=O)N1CCCC1. The normalized spacial score (nSPS) is 24.4. The summed E-state index contributed by atoms with van der Waals surface area (Å²) in [6.07, 6.45) is 1.76. The summed E-state index contributed by atoms with van der Waals surface area (Å²) >= 11 is 0. The number of benzene rings is 1. The van der Waals surface area contributed by atoms with Gasteiger partial charge >= 0.3 is 0 Å². The molecule has 1 saturated heterocycles. The van der Waals surface area contributed by atoms with Gasteiger partial charge in [-0.15, -0.1) is 0 Å². The molecular weight excluding hydrogens is 290 g/mol. The van der Waals surface area contributed by atoms with Crippen LogP contribution in [0.2, 0.25) is 0 Å². The van der Waals surface area contributed by atoms with Crippen molar-refractivity contribution in [3.05, 3.63) is 29.8 Å². The van der Waals surface area contributed by atoms with Gasteiger partial charge < -0.3 is 5.32 Å². The monoisotopic (exact) mass is 309 g/mol. The molecule has 114 valence electrons. The summed E-state index contributed by atoms with van der Waals surface area (Å²) in [5.41, 5.74) is 1.51. The van der Waals surface area contributed by atoms with Crippen molar-refractivity contribution in [1.82, 2.24) is 8.61 Å². The molecule has 1 aromatic rings. The zero-order valence-corrected chi connectivity index (χ0v) is 12.8. The van der Waals surface area contributed by atoms with E-state index in [0.717, 1.165) is 18.4 Å². The molecule has 1 fully saturated rings. The minimum absolute atomic E-state index is 0.217. The molecule has 0 bridgehead atoms. The third-order valence-electron chi connectivity index (χ3n) is 4.10. The van der Waals surface area contributed by atoms with E-state index in [9.17, 15) is 13.2 Å². The molecule has 7 heteroatoms. The number of fused-ring (bicyclic) bond motifs is 1. The van der Waals surface area contributed by atoms with E-state index >= 15 is 0 Å². The van der Waals surface area contributed by atoms with Crippen LogP contribution in [-0.2, 0) is 21.5 Å². The molecule has 2 aliphatic heterocycles. The summed E-state index contributed by atoms with van der Waals surface area (Å²) < 4.78 is 28.3. The fraction of sp³-hybridized carbons (Fsp3) is 0.500. The van der Waals surface area contributed by atoms with Gasteiger partial charge in [0.15, 0.2) is 0 Å². The number of amides is 1. The lowest BCUT2D eigenvalue weighted by atomic mass is 10.2. The lowest BCUT2D eigenvalue weighted by molar-refractivity contribution is -0.119. The van der Waals surface area contributed by atoms with Gasteiger partial charge in [-0.05, 0) is 31.4 Å². The minimum atomic E-state index is -3.60. The quantitative estimate of drug-likeness (QED) is 0.891. The number of anilines is 1. The first-order chi connectivity index (χ1) is 10.00. The lowest BCUT2D eigenvalue weighted by Crippen LogP contribution is -2.49. The van der Waals surface area contributed by atoms with E-state index in [0.29, 0.717) is 18.8 Å². The molecule has 2 aliphatic rings. The van der Waals surface area contributed by atoms with E-state index in [4.69, 9.17) is 0 Å². The predicted octanol–water partition coefficient (Wildman–Crippen LogP) is 1.17. The van der Waals surface area contributed by atoms with Gasteiger partial charge in [0, 0.05) is 25.3 Å². The molecule has 0 aliphatic carbocycles. The fourth-order valence-electron chi connectivity index (χ4n) is 2.80. The number of nitrogens with zero attached hydrogens (tertiary/aromatic N) is 2. The average Bonchev–Trinajstić information content (AvgIpc) is 2.96. The molecule has 21 heavy (non-hydrogen) atoms. The molecule has 1 amide bonds. The van der Waals surface area contributed by atoms with Gasteiger partial charge in [-0.2, -0.15) is 17.0 Å². The summed E-state index contributed by atoms with van der Waals surface area (Å²) in [6.45, 7) is 2.92. The van der Waals surface area contributed by atoms with Crippen LogP contribution < -0.4 is 5.32 Å².